The Morgan fingerprint density at radius 1 is 1.37 bits per heavy atom. The van der Waals surface area contributed by atoms with Gasteiger partial charge in [0.15, 0.2) is 0 Å². The molecule has 19 heavy (non-hydrogen) atoms. The Bertz CT molecular complexity index is 428. The van der Waals surface area contributed by atoms with Crippen molar-refractivity contribution >= 4 is 5.69 Å². The van der Waals surface area contributed by atoms with Crippen molar-refractivity contribution in [2.75, 3.05) is 31.6 Å². The fraction of sp³-hybridized carbons (Fsp3) is 0.625. The number of hydrogen-bond donors (Lipinski definition) is 1. The summed E-state index contributed by atoms with van der Waals surface area (Å²) in [6.45, 7) is 9.92. The second kappa shape index (κ2) is 5.93. The molecule has 0 saturated carbocycles. The van der Waals surface area contributed by atoms with E-state index in [9.17, 15) is 0 Å². The standard InChI is InChI=1S/C16H27N3/c1-12-5-6-16(15(9-12)10-13(2)17)19-8-7-18(4)11-14(19)3/h5-6,9,13-14H,7-8,10-11,17H2,1-4H3. The molecule has 0 radical (unpaired) electrons. The van der Waals surface area contributed by atoms with Gasteiger partial charge < -0.3 is 15.5 Å². The predicted molar refractivity (Wildman–Crippen MR) is 82.8 cm³/mol. The number of piperazine rings is 1. The second-order valence-electron chi connectivity index (χ2n) is 6.12. The number of likely N-dealkylation sites (N-methyl/N-ethyl adjacent to an activating group) is 1. The number of aryl methyl sites for hydroxylation is 1. The van der Waals surface area contributed by atoms with Crippen LogP contribution in [0, 0.1) is 6.92 Å². The third kappa shape index (κ3) is 3.48. The van der Waals surface area contributed by atoms with Crippen LogP contribution in [-0.2, 0) is 6.42 Å². The molecular formula is C16H27N3. The lowest BCUT2D eigenvalue weighted by atomic mass is 10.0. The van der Waals surface area contributed by atoms with Gasteiger partial charge in [-0.05, 0) is 45.9 Å². The summed E-state index contributed by atoms with van der Waals surface area (Å²) in [4.78, 5) is 4.94. The fourth-order valence-corrected chi connectivity index (χ4v) is 3.00. The molecule has 3 nitrogen and oxygen atoms in total. The molecule has 2 rings (SSSR count). The Balaban J connectivity index is 2.27. The number of benzene rings is 1. The Morgan fingerprint density at radius 2 is 2.11 bits per heavy atom. The van der Waals surface area contributed by atoms with Crippen LogP contribution in [0.2, 0.25) is 0 Å². The molecule has 1 aliphatic heterocycles. The molecule has 3 heteroatoms. The number of anilines is 1. The van der Waals surface area contributed by atoms with E-state index in [2.05, 4.69) is 55.8 Å². The molecule has 1 heterocycles. The molecule has 1 aromatic rings. The molecule has 1 saturated heterocycles. The van der Waals surface area contributed by atoms with Crippen molar-refractivity contribution in [3.8, 4) is 0 Å². The lowest BCUT2D eigenvalue weighted by molar-refractivity contribution is 0.275. The van der Waals surface area contributed by atoms with Gasteiger partial charge in [0.05, 0.1) is 0 Å². The van der Waals surface area contributed by atoms with E-state index in [1.165, 1.54) is 16.8 Å². The zero-order valence-corrected chi connectivity index (χ0v) is 12.7. The summed E-state index contributed by atoms with van der Waals surface area (Å²) in [7, 11) is 2.20. The van der Waals surface area contributed by atoms with Gasteiger partial charge in [0.2, 0.25) is 0 Å². The number of nitrogens with two attached hydrogens (primary N) is 1. The molecular weight excluding hydrogens is 234 g/mol. The normalized spacial score (nSPS) is 22.6. The highest BCUT2D eigenvalue weighted by Crippen LogP contribution is 2.26. The minimum Gasteiger partial charge on any atom is -0.366 e. The van der Waals surface area contributed by atoms with Gasteiger partial charge in [-0.3, -0.25) is 0 Å². The monoisotopic (exact) mass is 261 g/mol. The van der Waals surface area contributed by atoms with E-state index in [1.807, 2.05) is 0 Å². The summed E-state index contributed by atoms with van der Waals surface area (Å²) >= 11 is 0. The van der Waals surface area contributed by atoms with Crippen molar-refractivity contribution in [3.05, 3.63) is 29.3 Å². The predicted octanol–water partition coefficient (Wildman–Crippen LogP) is 2.03. The maximum Gasteiger partial charge on any atom is 0.0402 e. The first-order valence-electron chi connectivity index (χ1n) is 7.27. The van der Waals surface area contributed by atoms with Crippen LogP contribution in [0.1, 0.15) is 25.0 Å². The summed E-state index contributed by atoms with van der Waals surface area (Å²) in [6.07, 6.45) is 0.954. The molecule has 2 unspecified atom stereocenters. The number of rotatable bonds is 3. The summed E-state index contributed by atoms with van der Waals surface area (Å²) in [5, 5.41) is 0. The molecule has 106 valence electrons. The molecule has 0 bridgehead atoms. The summed E-state index contributed by atoms with van der Waals surface area (Å²) in [6, 6.07) is 7.56. The maximum absolute atomic E-state index is 6.00. The van der Waals surface area contributed by atoms with Gasteiger partial charge in [-0.15, -0.1) is 0 Å². The fourth-order valence-electron chi connectivity index (χ4n) is 3.00. The van der Waals surface area contributed by atoms with Gasteiger partial charge in [-0.25, -0.2) is 0 Å². The van der Waals surface area contributed by atoms with Crippen LogP contribution < -0.4 is 10.6 Å². The molecule has 1 aromatic carbocycles. The zero-order valence-electron chi connectivity index (χ0n) is 12.7. The second-order valence-corrected chi connectivity index (χ2v) is 6.12. The van der Waals surface area contributed by atoms with Gasteiger partial charge in [0.25, 0.3) is 0 Å². The van der Waals surface area contributed by atoms with E-state index in [0.29, 0.717) is 6.04 Å². The van der Waals surface area contributed by atoms with Crippen LogP contribution in [0.15, 0.2) is 18.2 Å². The maximum atomic E-state index is 6.00. The summed E-state index contributed by atoms with van der Waals surface area (Å²) in [5.74, 6) is 0. The average Bonchev–Trinajstić information content (AvgIpc) is 2.30. The van der Waals surface area contributed by atoms with E-state index in [-0.39, 0.29) is 6.04 Å². The van der Waals surface area contributed by atoms with Gasteiger partial charge in [-0.2, -0.15) is 0 Å². The van der Waals surface area contributed by atoms with Crippen LogP contribution in [-0.4, -0.2) is 43.7 Å². The van der Waals surface area contributed by atoms with Crippen molar-refractivity contribution < 1.29 is 0 Å². The Labute approximate surface area is 117 Å². The van der Waals surface area contributed by atoms with Gasteiger partial charge in [0, 0.05) is 37.4 Å². The minimum atomic E-state index is 0.211. The molecule has 0 spiro atoms. The van der Waals surface area contributed by atoms with Crippen molar-refractivity contribution in [3.63, 3.8) is 0 Å². The first kappa shape index (κ1) is 14.4. The smallest absolute Gasteiger partial charge is 0.0402 e. The quantitative estimate of drug-likeness (QED) is 0.903. The zero-order chi connectivity index (χ0) is 14.0. The lowest BCUT2D eigenvalue weighted by Crippen LogP contribution is -2.50. The van der Waals surface area contributed by atoms with Crippen molar-refractivity contribution in [1.29, 1.82) is 0 Å². The highest BCUT2D eigenvalue weighted by molar-refractivity contribution is 5.56. The van der Waals surface area contributed by atoms with Gasteiger partial charge in [-0.1, -0.05) is 17.7 Å². The SMILES string of the molecule is Cc1ccc(N2CCN(C)CC2C)c(CC(C)N)c1. The number of nitrogens with zero attached hydrogens (tertiary/aromatic N) is 2. The third-order valence-corrected chi connectivity index (χ3v) is 3.92. The Kier molecular flexibility index (Phi) is 4.48. The average molecular weight is 261 g/mol. The highest BCUT2D eigenvalue weighted by Gasteiger charge is 2.23. The first-order valence-corrected chi connectivity index (χ1v) is 7.27. The van der Waals surface area contributed by atoms with Crippen LogP contribution >= 0.6 is 0 Å². The van der Waals surface area contributed by atoms with E-state index in [0.717, 1.165) is 26.1 Å². The Morgan fingerprint density at radius 3 is 2.74 bits per heavy atom. The van der Waals surface area contributed by atoms with Crippen molar-refractivity contribution in [1.82, 2.24) is 4.90 Å². The molecule has 0 amide bonds. The highest BCUT2D eigenvalue weighted by atomic mass is 15.3. The Hall–Kier alpha value is -1.06. The van der Waals surface area contributed by atoms with Crippen molar-refractivity contribution in [2.45, 2.75) is 39.3 Å². The molecule has 0 aromatic heterocycles. The van der Waals surface area contributed by atoms with Crippen molar-refractivity contribution in [2.24, 2.45) is 5.73 Å². The molecule has 0 aliphatic carbocycles. The lowest BCUT2D eigenvalue weighted by Gasteiger charge is -2.41. The van der Waals surface area contributed by atoms with E-state index in [4.69, 9.17) is 5.73 Å². The van der Waals surface area contributed by atoms with Gasteiger partial charge in [0.1, 0.15) is 0 Å². The summed E-state index contributed by atoms with van der Waals surface area (Å²) in [5.41, 5.74) is 10.1. The van der Waals surface area contributed by atoms with Crippen LogP contribution in [0.4, 0.5) is 5.69 Å². The summed E-state index contributed by atoms with van der Waals surface area (Å²) < 4.78 is 0. The minimum absolute atomic E-state index is 0.211. The van der Waals surface area contributed by atoms with E-state index in [1.54, 1.807) is 0 Å². The van der Waals surface area contributed by atoms with Crippen LogP contribution in [0.3, 0.4) is 0 Å². The van der Waals surface area contributed by atoms with Crippen LogP contribution in [0.5, 0.6) is 0 Å². The molecule has 2 N–H and O–H groups in total. The first-order chi connectivity index (χ1) is 8.97. The van der Waals surface area contributed by atoms with Crippen LogP contribution in [0.25, 0.3) is 0 Å². The molecule has 2 atom stereocenters. The molecule has 1 aliphatic rings. The van der Waals surface area contributed by atoms with Gasteiger partial charge >= 0.3 is 0 Å². The van der Waals surface area contributed by atoms with E-state index < -0.39 is 0 Å². The largest absolute Gasteiger partial charge is 0.366 e. The number of hydrogen-bond acceptors (Lipinski definition) is 3. The topological polar surface area (TPSA) is 32.5 Å². The van der Waals surface area contributed by atoms with E-state index >= 15 is 0 Å². The third-order valence-electron chi connectivity index (χ3n) is 3.92. The molecule has 1 fully saturated rings.